The van der Waals surface area contributed by atoms with Crippen LogP contribution in [0.2, 0.25) is 0 Å². The molecule has 0 aromatic carbocycles. The Kier molecular flexibility index (Phi) is 4.74. The molecule has 13 heavy (non-hydrogen) atoms. The van der Waals surface area contributed by atoms with Gasteiger partial charge in [0.1, 0.15) is 0 Å². The molecule has 0 aromatic heterocycles. The van der Waals surface area contributed by atoms with E-state index in [-0.39, 0.29) is 0 Å². The van der Waals surface area contributed by atoms with Gasteiger partial charge in [0, 0.05) is 13.1 Å². The standard InChI is InChI=1S/C11H24N2/c1-4-13(8-10(2)3)9-11-5-6-12-7-11/h10-12H,4-9H2,1-3H3. The molecule has 1 aliphatic heterocycles. The van der Waals surface area contributed by atoms with Crippen molar-refractivity contribution in [2.24, 2.45) is 11.8 Å². The van der Waals surface area contributed by atoms with Gasteiger partial charge in [-0.1, -0.05) is 20.8 Å². The average Bonchev–Trinajstić information content (AvgIpc) is 2.55. The van der Waals surface area contributed by atoms with Gasteiger partial charge in [0.15, 0.2) is 0 Å². The van der Waals surface area contributed by atoms with Crippen molar-refractivity contribution in [1.82, 2.24) is 10.2 Å². The highest BCUT2D eigenvalue weighted by Gasteiger charge is 2.17. The molecular formula is C11H24N2. The minimum atomic E-state index is 0.800. The largest absolute Gasteiger partial charge is 0.316 e. The van der Waals surface area contributed by atoms with Crippen molar-refractivity contribution in [2.75, 3.05) is 32.7 Å². The first kappa shape index (κ1) is 11.0. The molecule has 0 amide bonds. The van der Waals surface area contributed by atoms with E-state index in [0.717, 1.165) is 11.8 Å². The van der Waals surface area contributed by atoms with Crippen molar-refractivity contribution < 1.29 is 0 Å². The Hall–Kier alpha value is -0.0800. The lowest BCUT2D eigenvalue weighted by Gasteiger charge is -2.25. The molecule has 1 unspecified atom stereocenters. The molecule has 2 nitrogen and oxygen atoms in total. The van der Waals surface area contributed by atoms with Crippen molar-refractivity contribution in [3.8, 4) is 0 Å². The van der Waals surface area contributed by atoms with Gasteiger partial charge >= 0.3 is 0 Å². The molecule has 1 heterocycles. The van der Waals surface area contributed by atoms with Crippen LogP contribution in [0.15, 0.2) is 0 Å². The van der Waals surface area contributed by atoms with Crippen LogP contribution in [-0.4, -0.2) is 37.6 Å². The lowest BCUT2D eigenvalue weighted by atomic mass is 10.1. The van der Waals surface area contributed by atoms with E-state index in [2.05, 4.69) is 31.0 Å². The average molecular weight is 184 g/mol. The zero-order chi connectivity index (χ0) is 9.68. The molecule has 0 aromatic rings. The summed E-state index contributed by atoms with van der Waals surface area (Å²) < 4.78 is 0. The highest BCUT2D eigenvalue weighted by atomic mass is 15.1. The Morgan fingerprint density at radius 1 is 1.46 bits per heavy atom. The highest BCUT2D eigenvalue weighted by Crippen LogP contribution is 2.10. The Balaban J connectivity index is 2.21. The molecule has 1 fully saturated rings. The van der Waals surface area contributed by atoms with Crippen molar-refractivity contribution >= 4 is 0 Å². The number of rotatable bonds is 5. The van der Waals surface area contributed by atoms with Gasteiger partial charge in [-0.25, -0.2) is 0 Å². The van der Waals surface area contributed by atoms with Gasteiger partial charge in [-0.2, -0.15) is 0 Å². The lowest BCUT2D eigenvalue weighted by Crippen LogP contribution is -2.33. The molecule has 0 spiro atoms. The van der Waals surface area contributed by atoms with E-state index in [1.807, 2.05) is 0 Å². The first-order chi connectivity index (χ1) is 6.22. The summed E-state index contributed by atoms with van der Waals surface area (Å²) in [5.41, 5.74) is 0. The Morgan fingerprint density at radius 2 is 2.23 bits per heavy atom. The van der Waals surface area contributed by atoms with Gasteiger partial charge < -0.3 is 10.2 Å². The summed E-state index contributed by atoms with van der Waals surface area (Å²) in [6, 6.07) is 0. The maximum atomic E-state index is 3.43. The van der Waals surface area contributed by atoms with Crippen LogP contribution in [0, 0.1) is 11.8 Å². The Morgan fingerprint density at radius 3 is 2.69 bits per heavy atom. The van der Waals surface area contributed by atoms with Gasteiger partial charge in [-0.05, 0) is 37.9 Å². The maximum Gasteiger partial charge on any atom is 0.00223 e. The van der Waals surface area contributed by atoms with Crippen LogP contribution in [0.3, 0.4) is 0 Å². The highest BCUT2D eigenvalue weighted by molar-refractivity contribution is 4.74. The summed E-state index contributed by atoms with van der Waals surface area (Å²) in [6.45, 7) is 13.1. The normalized spacial score (nSPS) is 23.3. The third-order valence-electron chi connectivity index (χ3n) is 2.75. The molecule has 1 atom stereocenters. The fourth-order valence-electron chi connectivity index (χ4n) is 2.08. The van der Waals surface area contributed by atoms with E-state index < -0.39 is 0 Å². The van der Waals surface area contributed by atoms with Crippen molar-refractivity contribution in [2.45, 2.75) is 27.2 Å². The predicted octanol–water partition coefficient (Wildman–Crippen LogP) is 1.57. The zero-order valence-electron chi connectivity index (χ0n) is 9.34. The second kappa shape index (κ2) is 5.61. The fourth-order valence-corrected chi connectivity index (χ4v) is 2.08. The minimum absolute atomic E-state index is 0.800. The van der Waals surface area contributed by atoms with Crippen LogP contribution in [0.1, 0.15) is 27.2 Å². The van der Waals surface area contributed by atoms with Gasteiger partial charge in [-0.3, -0.25) is 0 Å². The lowest BCUT2D eigenvalue weighted by molar-refractivity contribution is 0.223. The van der Waals surface area contributed by atoms with E-state index in [1.54, 1.807) is 0 Å². The van der Waals surface area contributed by atoms with Crippen LogP contribution in [0.4, 0.5) is 0 Å². The van der Waals surface area contributed by atoms with E-state index in [9.17, 15) is 0 Å². The molecule has 1 aliphatic rings. The number of hydrogen-bond acceptors (Lipinski definition) is 2. The summed E-state index contributed by atoms with van der Waals surface area (Å²) in [4.78, 5) is 2.59. The third-order valence-corrected chi connectivity index (χ3v) is 2.75. The van der Waals surface area contributed by atoms with Crippen LogP contribution < -0.4 is 5.32 Å². The molecule has 1 saturated heterocycles. The first-order valence-electron chi connectivity index (χ1n) is 5.65. The molecule has 78 valence electrons. The van der Waals surface area contributed by atoms with Gasteiger partial charge in [0.05, 0.1) is 0 Å². The molecule has 0 aliphatic carbocycles. The second-order valence-corrected chi connectivity index (χ2v) is 4.60. The zero-order valence-corrected chi connectivity index (χ0v) is 9.34. The molecule has 1 N–H and O–H groups in total. The molecule has 0 saturated carbocycles. The van der Waals surface area contributed by atoms with E-state index >= 15 is 0 Å². The molecule has 2 heteroatoms. The molecule has 0 bridgehead atoms. The summed E-state index contributed by atoms with van der Waals surface area (Å²) in [5, 5.41) is 3.43. The first-order valence-corrected chi connectivity index (χ1v) is 5.65. The molecule has 1 rings (SSSR count). The smallest absolute Gasteiger partial charge is 0.00223 e. The number of nitrogens with zero attached hydrogens (tertiary/aromatic N) is 1. The second-order valence-electron chi connectivity index (χ2n) is 4.60. The van der Waals surface area contributed by atoms with E-state index in [0.29, 0.717) is 0 Å². The molecular weight excluding hydrogens is 160 g/mol. The third kappa shape index (κ3) is 4.10. The van der Waals surface area contributed by atoms with Gasteiger partial charge in [-0.15, -0.1) is 0 Å². The quantitative estimate of drug-likeness (QED) is 0.698. The van der Waals surface area contributed by atoms with E-state index in [1.165, 1.54) is 39.1 Å². The Bertz CT molecular complexity index is 128. The van der Waals surface area contributed by atoms with Crippen LogP contribution >= 0.6 is 0 Å². The van der Waals surface area contributed by atoms with Crippen molar-refractivity contribution in [3.05, 3.63) is 0 Å². The predicted molar refractivity (Wildman–Crippen MR) is 57.9 cm³/mol. The minimum Gasteiger partial charge on any atom is -0.316 e. The monoisotopic (exact) mass is 184 g/mol. The van der Waals surface area contributed by atoms with Crippen LogP contribution in [0.25, 0.3) is 0 Å². The SMILES string of the molecule is CCN(CC(C)C)CC1CCNC1. The molecule has 0 radical (unpaired) electrons. The summed E-state index contributed by atoms with van der Waals surface area (Å²) in [6.07, 6.45) is 1.37. The number of nitrogens with one attached hydrogen (secondary N) is 1. The summed E-state index contributed by atoms with van der Waals surface area (Å²) >= 11 is 0. The van der Waals surface area contributed by atoms with Crippen LogP contribution in [-0.2, 0) is 0 Å². The van der Waals surface area contributed by atoms with Crippen molar-refractivity contribution in [3.63, 3.8) is 0 Å². The Labute approximate surface area is 82.7 Å². The summed E-state index contributed by atoms with van der Waals surface area (Å²) in [7, 11) is 0. The van der Waals surface area contributed by atoms with Crippen LogP contribution in [0.5, 0.6) is 0 Å². The number of hydrogen-bond donors (Lipinski definition) is 1. The maximum absolute atomic E-state index is 3.43. The topological polar surface area (TPSA) is 15.3 Å². The van der Waals surface area contributed by atoms with E-state index in [4.69, 9.17) is 0 Å². The van der Waals surface area contributed by atoms with Gasteiger partial charge in [0.25, 0.3) is 0 Å². The fraction of sp³-hybridized carbons (Fsp3) is 1.00. The van der Waals surface area contributed by atoms with Crippen molar-refractivity contribution in [1.29, 1.82) is 0 Å². The van der Waals surface area contributed by atoms with Gasteiger partial charge in [0.2, 0.25) is 0 Å². The summed E-state index contributed by atoms with van der Waals surface area (Å²) in [5.74, 6) is 1.70.